The summed E-state index contributed by atoms with van der Waals surface area (Å²) in [6.45, 7) is 4.62. The molecular formula is C36H75Al. The van der Waals surface area contributed by atoms with Gasteiger partial charge in [-0.3, -0.25) is 0 Å². The molecule has 1 heteroatoms. The summed E-state index contributed by atoms with van der Waals surface area (Å²) in [7, 11) is 0. The summed E-state index contributed by atoms with van der Waals surface area (Å²) in [5.74, 6) is 0. The molecule has 0 aromatic heterocycles. The summed E-state index contributed by atoms with van der Waals surface area (Å²) < 4.78 is 0. The monoisotopic (exact) mass is 535 g/mol. The molecule has 0 aliphatic heterocycles. The summed E-state index contributed by atoms with van der Waals surface area (Å²) >= 11 is 0.768. The van der Waals surface area contributed by atoms with Gasteiger partial charge in [-0.15, -0.1) is 0 Å². The molecule has 0 fully saturated rings. The molecule has 0 bridgehead atoms. The van der Waals surface area contributed by atoms with Crippen LogP contribution in [0.25, 0.3) is 0 Å². The summed E-state index contributed by atoms with van der Waals surface area (Å²) in [6.07, 6.45) is 47.6. The van der Waals surface area contributed by atoms with E-state index in [2.05, 4.69) is 13.8 Å². The van der Waals surface area contributed by atoms with Crippen molar-refractivity contribution < 1.29 is 1.43 Å². The molecule has 0 rings (SSSR count). The van der Waals surface area contributed by atoms with Gasteiger partial charge in [0.1, 0.15) is 0 Å². The first-order chi connectivity index (χ1) is 18.4. The third-order valence-corrected chi connectivity index (χ3v) is 10.2. The van der Waals surface area contributed by atoms with Crippen LogP contribution in [0, 0.1) is 0 Å². The van der Waals surface area contributed by atoms with Crippen molar-refractivity contribution in [1.29, 1.82) is 0 Å². The van der Waals surface area contributed by atoms with E-state index in [-0.39, 0.29) is 1.43 Å². The maximum atomic E-state index is 2.31. The zero-order valence-electron chi connectivity index (χ0n) is 27.6. The summed E-state index contributed by atoms with van der Waals surface area (Å²) in [5.41, 5.74) is 0. The molecule has 0 saturated carbocycles. The van der Waals surface area contributed by atoms with E-state index in [1.54, 1.807) is 10.6 Å². The van der Waals surface area contributed by atoms with Gasteiger partial charge in [0.25, 0.3) is 0 Å². The van der Waals surface area contributed by atoms with E-state index in [1.165, 1.54) is 205 Å². The van der Waals surface area contributed by atoms with Gasteiger partial charge >= 0.3 is 167 Å². The minimum atomic E-state index is 0. The number of hydrogen-bond acceptors (Lipinski definition) is 0. The van der Waals surface area contributed by atoms with Gasteiger partial charge in [0.05, 0.1) is 0 Å². The summed E-state index contributed by atoms with van der Waals surface area (Å²) in [5, 5.41) is 3.16. The van der Waals surface area contributed by atoms with Crippen molar-refractivity contribution in [3.05, 3.63) is 0 Å². The molecule has 0 unspecified atom stereocenters. The minimum Gasteiger partial charge on any atom is -1.00 e. The fourth-order valence-electron chi connectivity index (χ4n) is 5.82. The Morgan fingerprint density at radius 1 is 0.243 bits per heavy atom. The SMILES string of the molecule is CCCCCCCCCCCCCCCCC[CH2][Al+][CH2]CCCCCCCCCCCCCCCCC.[H-]. The smallest absolute Gasteiger partial charge is 1.00 e. The van der Waals surface area contributed by atoms with Crippen LogP contribution >= 0.6 is 0 Å². The van der Waals surface area contributed by atoms with Crippen molar-refractivity contribution in [1.82, 2.24) is 0 Å². The van der Waals surface area contributed by atoms with E-state index in [9.17, 15) is 0 Å². The summed E-state index contributed by atoms with van der Waals surface area (Å²) in [6, 6.07) is 0. The van der Waals surface area contributed by atoms with Crippen LogP contribution in [-0.4, -0.2) is 15.2 Å². The van der Waals surface area contributed by atoms with E-state index in [4.69, 9.17) is 0 Å². The van der Waals surface area contributed by atoms with Crippen molar-refractivity contribution in [2.24, 2.45) is 0 Å². The molecule has 0 atom stereocenters. The van der Waals surface area contributed by atoms with Crippen LogP contribution in [-0.2, 0) is 0 Å². The summed E-state index contributed by atoms with van der Waals surface area (Å²) in [4.78, 5) is 0. The van der Waals surface area contributed by atoms with Gasteiger partial charge in [-0.2, -0.15) is 0 Å². The Morgan fingerprint density at radius 2 is 0.405 bits per heavy atom. The molecule has 0 aliphatic rings. The van der Waals surface area contributed by atoms with Gasteiger partial charge in [0.2, 0.25) is 0 Å². The maximum absolute atomic E-state index is 2.31. The molecule has 0 spiro atoms. The normalized spacial score (nSPS) is 11.3. The van der Waals surface area contributed by atoms with Crippen LogP contribution in [0.3, 0.4) is 0 Å². The van der Waals surface area contributed by atoms with Crippen LogP contribution in [0.5, 0.6) is 0 Å². The van der Waals surface area contributed by atoms with Gasteiger partial charge in [0, 0.05) is 0 Å². The minimum absolute atomic E-state index is 0. The van der Waals surface area contributed by atoms with E-state index in [0.717, 1.165) is 15.2 Å². The third-order valence-electron chi connectivity index (χ3n) is 8.52. The van der Waals surface area contributed by atoms with E-state index in [0.29, 0.717) is 0 Å². The van der Waals surface area contributed by atoms with E-state index >= 15 is 0 Å². The first-order valence-corrected chi connectivity index (χ1v) is 19.9. The quantitative estimate of drug-likeness (QED) is 0.0568. The Balaban J connectivity index is 0. The van der Waals surface area contributed by atoms with Crippen LogP contribution in [0.2, 0.25) is 10.6 Å². The van der Waals surface area contributed by atoms with Crippen LogP contribution < -0.4 is 0 Å². The van der Waals surface area contributed by atoms with Crippen molar-refractivity contribution in [3.63, 3.8) is 0 Å². The second-order valence-electron chi connectivity index (χ2n) is 12.5. The Kier molecular flexibility index (Phi) is 37.1. The van der Waals surface area contributed by atoms with E-state index < -0.39 is 0 Å². The van der Waals surface area contributed by atoms with Crippen LogP contribution in [0.4, 0.5) is 0 Å². The molecule has 0 aromatic rings. The topological polar surface area (TPSA) is 0 Å². The molecule has 0 nitrogen and oxygen atoms in total. The first-order valence-electron chi connectivity index (χ1n) is 18.2. The van der Waals surface area contributed by atoms with Crippen molar-refractivity contribution in [2.45, 2.75) is 230 Å². The molecule has 0 saturated heterocycles. The zero-order valence-corrected chi connectivity index (χ0v) is 27.8. The van der Waals surface area contributed by atoms with Gasteiger partial charge in [0.15, 0.2) is 0 Å². The third kappa shape index (κ3) is 36.5. The Morgan fingerprint density at radius 3 is 0.595 bits per heavy atom. The van der Waals surface area contributed by atoms with Gasteiger partial charge in [-0.05, 0) is 0 Å². The molecule has 0 heterocycles. The number of hydrogen-bond donors (Lipinski definition) is 0. The van der Waals surface area contributed by atoms with Gasteiger partial charge in [-0.1, -0.05) is 78.1 Å². The Hall–Kier alpha value is 0.532. The predicted octanol–water partition coefficient (Wildman–Crippen LogP) is 14.2. The van der Waals surface area contributed by atoms with Crippen LogP contribution in [0.1, 0.15) is 221 Å². The van der Waals surface area contributed by atoms with E-state index in [1.807, 2.05) is 0 Å². The predicted molar refractivity (Wildman–Crippen MR) is 176 cm³/mol. The molecule has 0 radical (unpaired) electrons. The van der Waals surface area contributed by atoms with Crippen molar-refractivity contribution >= 4 is 15.2 Å². The molecule has 222 valence electrons. The zero-order chi connectivity index (χ0) is 26.7. The second kappa shape index (κ2) is 36.5. The average molecular weight is 535 g/mol. The van der Waals surface area contributed by atoms with Crippen molar-refractivity contribution in [3.8, 4) is 0 Å². The molecule has 0 aliphatic carbocycles. The number of unbranched alkanes of at least 4 members (excludes halogenated alkanes) is 30. The second-order valence-corrected chi connectivity index (χ2v) is 14.2. The Bertz CT molecular complexity index is 338. The van der Waals surface area contributed by atoms with Crippen LogP contribution in [0.15, 0.2) is 0 Å². The molecule has 0 amide bonds. The first kappa shape index (κ1) is 37.5. The van der Waals surface area contributed by atoms with Gasteiger partial charge < -0.3 is 1.43 Å². The molecule has 37 heavy (non-hydrogen) atoms. The molecular weight excluding hydrogens is 459 g/mol. The molecule has 0 N–H and O–H groups in total. The molecule has 0 aromatic carbocycles. The average Bonchev–Trinajstić information content (AvgIpc) is 2.91. The standard InChI is InChI=1S/2C18H37.Al.H/c2*1-3-5-7-9-11-13-15-17-18-16-14-12-10-8-6-4-2;;/h2*1,3-18H2,2H3;;/q;;+1;-1. The number of rotatable bonds is 34. The van der Waals surface area contributed by atoms with Gasteiger partial charge in [-0.25, -0.2) is 0 Å². The van der Waals surface area contributed by atoms with Crippen molar-refractivity contribution in [2.75, 3.05) is 0 Å². The Labute approximate surface area is 245 Å². The fraction of sp³-hybridized carbons (Fsp3) is 1.00. The fourth-order valence-corrected chi connectivity index (χ4v) is 7.26.